The molecule has 4 saturated carbocycles. The molecule has 1 aliphatic heterocycles. The quantitative estimate of drug-likeness (QED) is 0.840. The summed E-state index contributed by atoms with van der Waals surface area (Å²) in [7, 11) is 2.18. The summed E-state index contributed by atoms with van der Waals surface area (Å²) in [5.41, 5.74) is 0.0494. The molecule has 24 heavy (non-hydrogen) atoms. The summed E-state index contributed by atoms with van der Waals surface area (Å²) in [5, 5.41) is 3.33. The number of hydrogen-bond acceptors (Lipinski definition) is 3. The average Bonchev–Trinajstić information content (AvgIpc) is 2.86. The van der Waals surface area contributed by atoms with Gasteiger partial charge in [0.05, 0.1) is 0 Å². The highest BCUT2D eigenvalue weighted by atomic mass is 16.6. The molecule has 5 aliphatic carbocycles. The highest BCUT2D eigenvalue weighted by molar-refractivity contribution is 5.69. The number of carbonyl (C=O) groups is 1. The van der Waals surface area contributed by atoms with Crippen LogP contribution in [0.4, 0.5) is 4.79 Å². The maximum Gasteiger partial charge on any atom is 0.412 e. The van der Waals surface area contributed by atoms with Gasteiger partial charge in [0.2, 0.25) is 0 Å². The standard InChI is InChI=1S/C20H30N2O2/c1-22-5-4-16-2-3-17(9-18(16)22)24-19(23)21-20-10-13-6-14(11-20)8-15(7-13)12-20/h9,13-16,18H,2-8,10-12H2,1H3,(H,21,23). The predicted molar refractivity (Wildman–Crippen MR) is 92.4 cm³/mol. The second kappa shape index (κ2) is 5.48. The number of carbonyl (C=O) groups excluding carboxylic acids is 1. The first-order valence-corrected chi connectivity index (χ1v) is 9.99. The number of nitrogens with zero attached hydrogens (tertiary/aromatic N) is 1. The Labute approximate surface area is 145 Å². The second-order valence-electron chi connectivity index (χ2n) is 9.40. The molecule has 4 heteroatoms. The Hall–Kier alpha value is -1.03. The van der Waals surface area contributed by atoms with Crippen LogP contribution in [0.15, 0.2) is 11.8 Å². The third-order valence-electron chi connectivity index (χ3n) is 7.59. The fourth-order valence-electron chi connectivity index (χ4n) is 6.94. The Morgan fingerprint density at radius 2 is 1.83 bits per heavy atom. The molecule has 0 aromatic carbocycles. The maximum absolute atomic E-state index is 12.6. The van der Waals surface area contributed by atoms with Crippen LogP contribution in [0.2, 0.25) is 0 Å². The van der Waals surface area contributed by atoms with Gasteiger partial charge >= 0.3 is 6.09 Å². The molecular formula is C20H30N2O2. The van der Waals surface area contributed by atoms with Crippen LogP contribution in [-0.2, 0) is 4.74 Å². The average molecular weight is 330 g/mol. The summed E-state index contributed by atoms with van der Waals surface area (Å²) in [6.45, 7) is 1.17. The lowest BCUT2D eigenvalue weighted by Crippen LogP contribution is -2.59. The lowest BCUT2D eigenvalue weighted by molar-refractivity contribution is -0.0177. The van der Waals surface area contributed by atoms with Gasteiger partial charge in [0, 0.05) is 18.0 Å². The molecule has 1 N–H and O–H groups in total. The van der Waals surface area contributed by atoms with E-state index in [1.807, 2.05) is 0 Å². The van der Waals surface area contributed by atoms with Gasteiger partial charge in [-0.2, -0.15) is 0 Å². The van der Waals surface area contributed by atoms with Crippen LogP contribution >= 0.6 is 0 Å². The van der Waals surface area contributed by atoms with Gasteiger partial charge in [-0.15, -0.1) is 0 Å². The van der Waals surface area contributed by atoms with Crippen molar-refractivity contribution in [2.24, 2.45) is 23.7 Å². The van der Waals surface area contributed by atoms with E-state index < -0.39 is 0 Å². The number of likely N-dealkylation sites (N-methyl/N-ethyl adjacent to an activating group) is 1. The lowest BCUT2D eigenvalue weighted by atomic mass is 9.53. The van der Waals surface area contributed by atoms with Gasteiger partial charge in [0.25, 0.3) is 0 Å². The first kappa shape index (κ1) is 15.2. The fraction of sp³-hybridized carbons (Fsp3) is 0.850. The molecule has 1 heterocycles. The van der Waals surface area contributed by atoms with Crippen molar-refractivity contribution in [3.63, 3.8) is 0 Å². The van der Waals surface area contributed by atoms with Gasteiger partial charge < -0.3 is 10.1 Å². The van der Waals surface area contributed by atoms with E-state index in [4.69, 9.17) is 4.74 Å². The molecule has 4 nitrogen and oxygen atoms in total. The SMILES string of the molecule is CN1CCC2CCC(OC(=O)NC34CC5CC(CC(C5)C3)C4)=CC21. The molecule has 0 radical (unpaired) electrons. The van der Waals surface area contributed by atoms with Gasteiger partial charge in [-0.1, -0.05) is 0 Å². The molecule has 5 fully saturated rings. The highest BCUT2D eigenvalue weighted by Gasteiger charge is 2.51. The van der Waals surface area contributed by atoms with Crippen molar-refractivity contribution in [1.82, 2.24) is 10.2 Å². The number of rotatable bonds is 2. The molecule has 0 spiro atoms. The first-order chi connectivity index (χ1) is 11.6. The number of hydrogen-bond donors (Lipinski definition) is 1. The second-order valence-corrected chi connectivity index (χ2v) is 9.40. The van der Waals surface area contributed by atoms with E-state index in [0.717, 1.165) is 42.3 Å². The van der Waals surface area contributed by atoms with Gasteiger partial charge in [-0.25, -0.2) is 4.79 Å². The van der Waals surface area contributed by atoms with Gasteiger partial charge in [-0.3, -0.25) is 4.90 Å². The summed E-state index contributed by atoms with van der Waals surface area (Å²) in [4.78, 5) is 15.0. The van der Waals surface area contributed by atoms with Crippen LogP contribution in [0.25, 0.3) is 0 Å². The summed E-state index contributed by atoms with van der Waals surface area (Å²) in [6.07, 6.45) is 13.1. The number of alkyl carbamates (subject to hydrolysis) is 1. The molecule has 132 valence electrons. The van der Waals surface area contributed by atoms with Crippen LogP contribution in [0.1, 0.15) is 57.8 Å². The van der Waals surface area contributed by atoms with Gasteiger partial charge in [0.15, 0.2) is 0 Å². The van der Waals surface area contributed by atoms with Crippen molar-refractivity contribution in [2.75, 3.05) is 13.6 Å². The Kier molecular flexibility index (Phi) is 3.48. The minimum absolute atomic E-state index is 0.0494. The first-order valence-electron chi connectivity index (χ1n) is 9.99. The molecule has 1 amide bonds. The van der Waals surface area contributed by atoms with E-state index in [9.17, 15) is 4.79 Å². The third kappa shape index (κ3) is 2.58. The van der Waals surface area contributed by atoms with Crippen molar-refractivity contribution in [2.45, 2.75) is 69.4 Å². The highest BCUT2D eigenvalue weighted by Crippen LogP contribution is 2.55. The zero-order valence-corrected chi connectivity index (χ0v) is 14.8. The Bertz CT molecular complexity index is 535. The molecule has 6 aliphatic rings. The van der Waals surface area contributed by atoms with Crippen LogP contribution in [0.5, 0.6) is 0 Å². The predicted octanol–water partition coefficient (Wildman–Crippen LogP) is 3.68. The number of likely N-dealkylation sites (tertiary alicyclic amines) is 1. The normalized spacial score (nSPS) is 46.5. The van der Waals surface area contributed by atoms with Crippen molar-refractivity contribution in [1.29, 1.82) is 0 Å². The largest absolute Gasteiger partial charge is 0.415 e. The molecule has 2 atom stereocenters. The van der Waals surface area contributed by atoms with E-state index in [-0.39, 0.29) is 11.6 Å². The minimum Gasteiger partial charge on any atom is -0.415 e. The lowest BCUT2D eigenvalue weighted by Gasteiger charge is -2.56. The Morgan fingerprint density at radius 3 is 2.50 bits per heavy atom. The summed E-state index contributed by atoms with van der Waals surface area (Å²) >= 11 is 0. The number of allylic oxidation sites excluding steroid dienone is 1. The topological polar surface area (TPSA) is 41.6 Å². The summed E-state index contributed by atoms with van der Waals surface area (Å²) in [6, 6.07) is 0.473. The summed E-state index contributed by atoms with van der Waals surface area (Å²) in [5.74, 6) is 4.19. The smallest absolute Gasteiger partial charge is 0.412 e. The van der Waals surface area contributed by atoms with Gasteiger partial charge in [0.1, 0.15) is 5.76 Å². The van der Waals surface area contributed by atoms with Crippen molar-refractivity contribution in [3.8, 4) is 0 Å². The maximum atomic E-state index is 12.6. The van der Waals surface area contributed by atoms with E-state index in [0.29, 0.717) is 6.04 Å². The van der Waals surface area contributed by atoms with E-state index >= 15 is 0 Å². The number of nitrogens with one attached hydrogen (secondary N) is 1. The Balaban J connectivity index is 1.24. The number of fused-ring (bicyclic) bond motifs is 1. The van der Waals surface area contributed by atoms with Crippen LogP contribution in [-0.4, -0.2) is 36.2 Å². The van der Waals surface area contributed by atoms with Crippen LogP contribution < -0.4 is 5.32 Å². The van der Waals surface area contributed by atoms with Crippen LogP contribution in [0.3, 0.4) is 0 Å². The molecular weight excluding hydrogens is 300 g/mol. The molecule has 2 unspecified atom stereocenters. The van der Waals surface area contributed by atoms with E-state index in [1.54, 1.807) is 0 Å². The Morgan fingerprint density at radius 1 is 1.17 bits per heavy atom. The van der Waals surface area contributed by atoms with E-state index in [2.05, 4.69) is 23.3 Å². The van der Waals surface area contributed by atoms with Gasteiger partial charge in [-0.05, 0) is 94.7 Å². The third-order valence-corrected chi connectivity index (χ3v) is 7.59. The van der Waals surface area contributed by atoms with Crippen molar-refractivity contribution < 1.29 is 9.53 Å². The van der Waals surface area contributed by atoms with E-state index in [1.165, 1.54) is 51.5 Å². The molecule has 1 saturated heterocycles. The van der Waals surface area contributed by atoms with Crippen molar-refractivity contribution >= 4 is 6.09 Å². The minimum atomic E-state index is -0.192. The molecule has 0 aromatic heterocycles. The zero-order chi connectivity index (χ0) is 16.3. The number of ether oxygens (including phenoxy) is 1. The molecule has 6 rings (SSSR count). The monoisotopic (exact) mass is 330 g/mol. The zero-order valence-electron chi connectivity index (χ0n) is 14.8. The molecule has 4 bridgehead atoms. The fourth-order valence-corrected chi connectivity index (χ4v) is 6.94. The molecule has 0 aromatic rings. The summed E-state index contributed by atoms with van der Waals surface area (Å²) < 4.78 is 5.77. The number of amides is 1. The van der Waals surface area contributed by atoms with Crippen molar-refractivity contribution in [3.05, 3.63) is 11.8 Å². The van der Waals surface area contributed by atoms with Crippen LogP contribution in [0, 0.1) is 23.7 Å².